The first kappa shape index (κ1) is 42.3. The van der Waals surface area contributed by atoms with Crippen molar-refractivity contribution in [2.24, 2.45) is 0 Å². The standard InChI is InChI=1S/C14ClF29/c15-13(40,41)11(36,37)9(32,33)7(28,29)5(24,25)3(20,21)1(16,17)2(18,19)4(22,23)6(26,27)8(30,31)10(34,35)12(38,39)14(42,43)44. The summed E-state index contributed by atoms with van der Waals surface area (Å²) in [5.41, 5.74) is 0. The van der Waals surface area contributed by atoms with Crippen LogP contribution in [0.15, 0.2) is 0 Å². The van der Waals surface area contributed by atoms with E-state index in [-0.39, 0.29) is 0 Å². The minimum atomic E-state index is -9.92. The van der Waals surface area contributed by atoms with Gasteiger partial charge in [0.2, 0.25) is 0 Å². The monoisotopic (exact) mass is 754 g/mol. The van der Waals surface area contributed by atoms with Crippen LogP contribution in [0.1, 0.15) is 0 Å². The molecule has 0 atom stereocenters. The molecule has 0 saturated heterocycles. The Kier molecular flexibility index (Phi) is 9.49. The molecule has 0 nitrogen and oxygen atoms in total. The van der Waals surface area contributed by atoms with Crippen LogP contribution in [-0.2, 0) is 0 Å². The molecule has 0 aromatic carbocycles. The van der Waals surface area contributed by atoms with Gasteiger partial charge in [0.05, 0.1) is 0 Å². The van der Waals surface area contributed by atoms with Crippen molar-refractivity contribution in [3.05, 3.63) is 0 Å². The second-order valence-electron chi connectivity index (χ2n) is 7.89. The van der Waals surface area contributed by atoms with Crippen molar-refractivity contribution in [2.75, 3.05) is 0 Å². The van der Waals surface area contributed by atoms with Gasteiger partial charge in [-0.1, -0.05) is 0 Å². The largest absolute Gasteiger partial charge is 0.460 e. The highest BCUT2D eigenvalue weighted by molar-refractivity contribution is 6.22. The maximum atomic E-state index is 13.6. The van der Waals surface area contributed by atoms with E-state index in [1.807, 2.05) is 0 Å². The molecule has 0 bridgehead atoms. The van der Waals surface area contributed by atoms with Crippen molar-refractivity contribution < 1.29 is 127 Å². The minimum Gasteiger partial charge on any atom is -0.192 e. The van der Waals surface area contributed by atoms with Gasteiger partial charge in [-0.05, 0) is 11.6 Å². The zero-order valence-corrected chi connectivity index (χ0v) is 19.1. The van der Waals surface area contributed by atoms with Crippen LogP contribution in [0.4, 0.5) is 127 Å². The first-order valence-corrected chi connectivity index (χ1v) is 9.30. The van der Waals surface area contributed by atoms with Crippen LogP contribution in [-0.4, -0.2) is 82.6 Å². The lowest BCUT2D eigenvalue weighted by Crippen LogP contribution is -2.79. The van der Waals surface area contributed by atoms with E-state index in [1.165, 1.54) is 0 Å². The SMILES string of the molecule is FC(F)(F)C(F)(F)C(F)(F)C(F)(F)C(F)(F)C(F)(F)C(F)(F)C(F)(F)C(F)(F)C(F)(F)C(F)(F)C(F)(F)C(F)(F)C(F)(F)Cl. The highest BCUT2D eigenvalue weighted by Crippen LogP contribution is 2.69. The maximum Gasteiger partial charge on any atom is 0.460 e. The third-order valence-corrected chi connectivity index (χ3v) is 5.29. The van der Waals surface area contributed by atoms with E-state index >= 15 is 0 Å². The lowest BCUT2D eigenvalue weighted by molar-refractivity contribution is -0.486. The Balaban J connectivity index is 7.52. The number of hydrogen-bond acceptors (Lipinski definition) is 0. The number of halogens is 30. The Morgan fingerprint density at radius 2 is 0.295 bits per heavy atom. The molecule has 0 heterocycles. The molecule has 44 heavy (non-hydrogen) atoms. The second-order valence-corrected chi connectivity index (χ2v) is 8.36. The molecule has 0 saturated carbocycles. The Morgan fingerprint density at radius 1 is 0.182 bits per heavy atom. The third-order valence-electron chi connectivity index (χ3n) is 5.05. The van der Waals surface area contributed by atoms with Crippen molar-refractivity contribution in [1.29, 1.82) is 0 Å². The highest BCUT2D eigenvalue weighted by Gasteiger charge is 3.00. The molecule has 0 amide bonds. The topological polar surface area (TPSA) is 0 Å². The Bertz CT molecular complexity index is 969. The summed E-state index contributed by atoms with van der Waals surface area (Å²) in [5, 5.41) is -7.33. The molecule has 266 valence electrons. The molecule has 0 aliphatic carbocycles. The molecule has 0 spiro atoms. The Morgan fingerprint density at radius 3 is 0.409 bits per heavy atom. The zero-order chi connectivity index (χ0) is 37.0. The summed E-state index contributed by atoms with van der Waals surface area (Å²) < 4.78 is 379. The molecule has 0 aliphatic heterocycles. The molecular weight excluding hydrogens is 755 g/mol. The van der Waals surface area contributed by atoms with E-state index in [0.717, 1.165) is 0 Å². The summed E-state index contributed by atoms with van der Waals surface area (Å²) >= 11 is 3.16. The molecule has 0 aromatic heterocycles. The van der Waals surface area contributed by atoms with Gasteiger partial charge in [-0.25, -0.2) is 0 Å². The number of rotatable bonds is 12. The highest BCUT2D eigenvalue weighted by atomic mass is 35.5. The molecule has 0 rings (SSSR count). The predicted molar refractivity (Wildman–Crippen MR) is 76.2 cm³/mol. The van der Waals surface area contributed by atoms with Gasteiger partial charge in [-0.15, -0.1) is 0 Å². The molecule has 0 unspecified atom stereocenters. The molecule has 0 fully saturated rings. The van der Waals surface area contributed by atoms with Crippen LogP contribution in [0.5, 0.6) is 0 Å². The Hall–Kier alpha value is -1.74. The van der Waals surface area contributed by atoms with Crippen molar-refractivity contribution in [3.63, 3.8) is 0 Å². The van der Waals surface area contributed by atoms with E-state index in [9.17, 15) is 127 Å². The van der Waals surface area contributed by atoms with Crippen molar-refractivity contribution in [2.45, 2.75) is 82.6 Å². The third kappa shape index (κ3) is 4.67. The van der Waals surface area contributed by atoms with Crippen molar-refractivity contribution in [1.82, 2.24) is 0 Å². The Labute approximate surface area is 223 Å². The predicted octanol–water partition coefficient (Wildman–Crippen LogP) is 10.0. The summed E-state index contributed by atoms with van der Waals surface area (Å²) in [6.07, 6.45) is -8.29. The summed E-state index contributed by atoms with van der Waals surface area (Å²) in [7, 11) is 0. The zero-order valence-electron chi connectivity index (χ0n) is 18.3. The summed E-state index contributed by atoms with van der Waals surface area (Å²) in [5.74, 6) is -113. The van der Waals surface area contributed by atoms with Crippen LogP contribution in [0.25, 0.3) is 0 Å². The fourth-order valence-electron chi connectivity index (χ4n) is 2.33. The van der Waals surface area contributed by atoms with Crippen LogP contribution in [0, 0.1) is 0 Å². The maximum absolute atomic E-state index is 13.6. The average molecular weight is 755 g/mol. The number of hydrogen-bond donors (Lipinski definition) is 0. The molecule has 0 radical (unpaired) electrons. The van der Waals surface area contributed by atoms with E-state index in [2.05, 4.69) is 11.6 Å². The average Bonchev–Trinajstić information content (AvgIpc) is 2.75. The first-order valence-electron chi connectivity index (χ1n) is 8.92. The van der Waals surface area contributed by atoms with Gasteiger partial charge in [-0.2, -0.15) is 127 Å². The van der Waals surface area contributed by atoms with Crippen LogP contribution in [0.3, 0.4) is 0 Å². The molecule has 30 heteroatoms. The fourth-order valence-corrected chi connectivity index (χ4v) is 2.45. The van der Waals surface area contributed by atoms with Gasteiger partial charge in [0.25, 0.3) is 0 Å². The molecular formula is C14ClF29. The summed E-state index contributed by atoms with van der Waals surface area (Å²) in [6.45, 7) is 0. The van der Waals surface area contributed by atoms with E-state index in [0.29, 0.717) is 0 Å². The normalized spacial score (nSPS) is 17.3. The van der Waals surface area contributed by atoms with Crippen molar-refractivity contribution >= 4 is 11.6 Å². The molecule has 0 aliphatic rings. The van der Waals surface area contributed by atoms with Gasteiger partial charge in [0.15, 0.2) is 0 Å². The van der Waals surface area contributed by atoms with E-state index in [1.54, 1.807) is 0 Å². The summed E-state index contributed by atoms with van der Waals surface area (Å²) in [4.78, 5) is 0. The van der Waals surface area contributed by atoms with Crippen molar-refractivity contribution in [3.8, 4) is 0 Å². The van der Waals surface area contributed by atoms with Crippen LogP contribution < -0.4 is 0 Å². The minimum absolute atomic E-state index is 3.16. The van der Waals surface area contributed by atoms with E-state index in [4.69, 9.17) is 0 Å². The smallest absolute Gasteiger partial charge is 0.192 e. The lowest BCUT2D eigenvalue weighted by Gasteiger charge is -2.46. The first-order chi connectivity index (χ1) is 18.2. The number of alkyl halides is 30. The summed E-state index contributed by atoms with van der Waals surface area (Å²) in [6, 6.07) is 0. The van der Waals surface area contributed by atoms with Gasteiger partial charge < -0.3 is 0 Å². The quantitative estimate of drug-likeness (QED) is 0.138. The van der Waals surface area contributed by atoms with Crippen LogP contribution >= 0.6 is 11.6 Å². The van der Waals surface area contributed by atoms with Gasteiger partial charge in [-0.3, -0.25) is 0 Å². The van der Waals surface area contributed by atoms with E-state index < -0.39 is 82.6 Å². The molecule has 0 aromatic rings. The second kappa shape index (κ2) is 9.88. The lowest BCUT2D eigenvalue weighted by atomic mass is 9.84. The van der Waals surface area contributed by atoms with Crippen LogP contribution in [0.2, 0.25) is 0 Å². The van der Waals surface area contributed by atoms with Gasteiger partial charge >= 0.3 is 82.6 Å². The fraction of sp³-hybridized carbons (Fsp3) is 1.00. The van der Waals surface area contributed by atoms with Gasteiger partial charge in [0, 0.05) is 0 Å². The molecule has 0 N–H and O–H groups in total. The van der Waals surface area contributed by atoms with Gasteiger partial charge in [0.1, 0.15) is 0 Å².